The van der Waals surface area contributed by atoms with Crippen LogP contribution >= 0.6 is 22.9 Å². The molecule has 2 aromatic heterocycles. The quantitative estimate of drug-likeness (QED) is 0.733. The van der Waals surface area contributed by atoms with Crippen LogP contribution in [-0.2, 0) is 6.54 Å². The molecular formula is C9H12ClN3O2S. The Balaban J connectivity index is 2.13. The lowest BCUT2D eigenvalue weighted by atomic mass is 10.3. The Morgan fingerprint density at radius 3 is 2.94 bits per heavy atom. The Hall–Kier alpha value is -0.660. The molecule has 3 N–H and O–H groups in total. The van der Waals surface area contributed by atoms with Crippen molar-refractivity contribution in [1.29, 1.82) is 0 Å². The van der Waals surface area contributed by atoms with Gasteiger partial charge in [-0.1, -0.05) is 11.6 Å². The third-order valence-corrected chi connectivity index (χ3v) is 3.37. The number of hydrogen-bond donors (Lipinski definition) is 3. The fraction of sp³-hybridized carbons (Fsp3) is 0.444. The minimum atomic E-state index is -0.333. The van der Waals surface area contributed by atoms with Crippen LogP contribution in [0.5, 0.6) is 0 Å². The van der Waals surface area contributed by atoms with Crippen molar-refractivity contribution < 1.29 is 10.2 Å². The van der Waals surface area contributed by atoms with Crippen LogP contribution in [0, 0.1) is 0 Å². The summed E-state index contributed by atoms with van der Waals surface area (Å²) in [4.78, 5) is 5.02. The maximum atomic E-state index is 8.92. The van der Waals surface area contributed by atoms with Crippen LogP contribution in [0.4, 0.5) is 0 Å². The number of hydrogen-bond acceptors (Lipinski definition) is 5. The molecule has 0 bridgehead atoms. The van der Waals surface area contributed by atoms with E-state index in [1.807, 2.05) is 16.0 Å². The number of aromatic nitrogens is 2. The van der Waals surface area contributed by atoms with Gasteiger partial charge in [-0.05, 0) is 0 Å². The molecule has 0 atom stereocenters. The Morgan fingerprint density at radius 1 is 1.50 bits per heavy atom. The minimum absolute atomic E-state index is 0.111. The molecule has 0 amide bonds. The van der Waals surface area contributed by atoms with E-state index in [9.17, 15) is 0 Å². The number of aliphatic hydroxyl groups is 2. The number of thiazole rings is 1. The van der Waals surface area contributed by atoms with Crippen LogP contribution in [0.25, 0.3) is 4.96 Å². The Kier molecular flexibility index (Phi) is 3.78. The number of fused-ring (bicyclic) bond motifs is 1. The molecule has 0 aliphatic rings. The highest BCUT2D eigenvalue weighted by atomic mass is 35.5. The average molecular weight is 262 g/mol. The lowest BCUT2D eigenvalue weighted by molar-refractivity contribution is 0.170. The van der Waals surface area contributed by atoms with Gasteiger partial charge in [0.15, 0.2) is 10.1 Å². The summed E-state index contributed by atoms with van der Waals surface area (Å²) in [6.07, 6.45) is 1.89. The van der Waals surface area contributed by atoms with E-state index in [4.69, 9.17) is 21.8 Å². The summed E-state index contributed by atoms with van der Waals surface area (Å²) in [6.45, 7) is 0.238. The minimum Gasteiger partial charge on any atom is -0.395 e. The van der Waals surface area contributed by atoms with Gasteiger partial charge in [-0.25, -0.2) is 4.98 Å². The zero-order valence-corrected chi connectivity index (χ0v) is 10.0. The second-order valence-electron chi connectivity index (χ2n) is 3.35. The normalized spacial score (nSPS) is 11.8. The first-order valence-corrected chi connectivity index (χ1v) is 6.07. The van der Waals surface area contributed by atoms with E-state index in [-0.39, 0.29) is 19.3 Å². The van der Waals surface area contributed by atoms with Gasteiger partial charge in [0, 0.05) is 18.1 Å². The molecule has 0 radical (unpaired) electrons. The van der Waals surface area contributed by atoms with E-state index < -0.39 is 0 Å². The van der Waals surface area contributed by atoms with Gasteiger partial charge in [0.25, 0.3) is 0 Å². The van der Waals surface area contributed by atoms with Gasteiger partial charge in [0.2, 0.25) is 0 Å². The SMILES string of the molecule is OCC(CO)NCc1c(Cl)nc2sccn12. The van der Waals surface area contributed by atoms with Crippen molar-refractivity contribution in [2.75, 3.05) is 13.2 Å². The van der Waals surface area contributed by atoms with Crippen LogP contribution in [0.1, 0.15) is 5.69 Å². The molecule has 0 aliphatic carbocycles. The zero-order valence-electron chi connectivity index (χ0n) is 8.43. The molecule has 5 nitrogen and oxygen atoms in total. The van der Waals surface area contributed by atoms with Crippen LogP contribution in [0.15, 0.2) is 11.6 Å². The third-order valence-electron chi connectivity index (χ3n) is 2.31. The zero-order chi connectivity index (χ0) is 11.5. The lowest BCUT2D eigenvalue weighted by Crippen LogP contribution is -2.35. The summed E-state index contributed by atoms with van der Waals surface area (Å²) < 4.78 is 1.89. The van der Waals surface area contributed by atoms with E-state index in [1.165, 1.54) is 11.3 Å². The van der Waals surface area contributed by atoms with Crippen LogP contribution in [-0.4, -0.2) is 38.9 Å². The molecule has 2 rings (SSSR count). The van der Waals surface area contributed by atoms with Crippen LogP contribution in [0.3, 0.4) is 0 Å². The second-order valence-corrected chi connectivity index (χ2v) is 4.58. The van der Waals surface area contributed by atoms with Crippen molar-refractivity contribution in [3.63, 3.8) is 0 Å². The predicted molar refractivity (Wildman–Crippen MR) is 62.9 cm³/mol. The first-order valence-electron chi connectivity index (χ1n) is 4.81. The van der Waals surface area contributed by atoms with Crippen molar-refractivity contribution in [2.24, 2.45) is 0 Å². The summed E-state index contributed by atoms with van der Waals surface area (Å²) in [7, 11) is 0. The summed E-state index contributed by atoms with van der Waals surface area (Å²) in [5.74, 6) is 0. The first kappa shape index (κ1) is 11.8. The molecule has 0 aliphatic heterocycles. The number of rotatable bonds is 5. The van der Waals surface area contributed by atoms with Crippen LogP contribution < -0.4 is 5.32 Å². The van der Waals surface area contributed by atoms with Gasteiger partial charge < -0.3 is 15.5 Å². The summed E-state index contributed by atoms with van der Waals surface area (Å²) in [6, 6.07) is -0.333. The molecule has 2 heterocycles. The van der Waals surface area contributed by atoms with Gasteiger partial charge in [-0.2, -0.15) is 0 Å². The van der Waals surface area contributed by atoms with Gasteiger partial charge in [-0.15, -0.1) is 11.3 Å². The Morgan fingerprint density at radius 2 is 2.25 bits per heavy atom. The van der Waals surface area contributed by atoms with Gasteiger partial charge >= 0.3 is 0 Å². The molecule has 0 unspecified atom stereocenters. The van der Waals surface area contributed by atoms with Gasteiger partial charge in [-0.3, -0.25) is 4.40 Å². The highest BCUT2D eigenvalue weighted by Gasteiger charge is 2.12. The Bertz CT molecular complexity index is 466. The van der Waals surface area contributed by atoms with E-state index in [0.29, 0.717) is 11.7 Å². The average Bonchev–Trinajstić information content (AvgIpc) is 2.82. The lowest BCUT2D eigenvalue weighted by Gasteiger charge is -2.12. The molecule has 2 aromatic rings. The topological polar surface area (TPSA) is 69.8 Å². The second kappa shape index (κ2) is 5.11. The molecule has 0 fully saturated rings. The number of nitrogens with zero attached hydrogens (tertiary/aromatic N) is 2. The first-order chi connectivity index (χ1) is 7.76. The maximum absolute atomic E-state index is 8.92. The van der Waals surface area contributed by atoms with E-state index in [0.717, 1.165) is 10.7 Å². The molecule has 16 heavy (non-hydrogen) atoms. The van der Waals surface area contributed by atoms with Crippen molar-refractivity contribution in [3.05, 3.63) is 22.4 Å². The van der Waals surface area contributed by atoms with Crippen molar-refractivity contribution in [1.82, 2.24) is 14.7 Å². The maximum Gasteiger partial charge on any atom is 0.195 e. The summed E-state index contributed by atoms with van der Waals surface area (Å²) in [5.41, 5.74) is 0.838. The number of nitrogens with one attached hydrogen (secondary N) is 1. The molecular weight excluding hydrogens is 250 g/mol. The highest BCUT2D eigenvalue weighted by molar-refractivity contribution is 7.15. The number of imidazole rings is 1. The smallest absolute Gasteiger partial charge is 0.195 e. The van der Waals surface area contributed by atoms with E-state index in [1.54, 1.807) is 0 Å². The Labute approximate surface area is 101 Å². The molecule has 0 saturated carbocycles. The van der Waals surface area contributed by atoms with Gasteiger partial charge in [0.1, 0.15) is 0 Å². The fourth-order valence-corrected chi connectivity index (χ4v) is 2.41. The van der Waals surface area contributed by atoms with Crippen molar-refractivity contribution in [3.8, 4) is 0 Å². The van der Waals surface area contributed by atoms with Crippen LogP contribution in [0.2, 0.25) is 5.15 Å². The molecule has 0 saturated heterocycles. The monoisotopic (exact) mass is 261 g/mol. The molecule has 0 spiro atoms. The number of aliphatic hydroxyl groups excluding tert-OH is 2. The van der Waals surface area contributed by atoms with Crippen molar-refractivity contribution >= 4 is 27.9 Å². The predicted octanol–water partition coefficient (Wildman–Crippen LogP) is 0.492. The largest absolute Gasteiger partial charge is 0.395 e. The molecule has 88 valence electrons. The summed E-state index contributed by atoms with van der Waals surface area (Å²) in [5, 5.41) is 23.2. The van der Waals surface area contributed by atoms with Gasteiger partial charge in [0.05, 0.1) is 24.9 Å². The standard InChI is InChI=1S/C9H12ClN3O2S/c10-8-7(3-11-6(4-14)5-15)13-1-2-16-9(13)12-8/h1-2,6,11,14-15H,3-5H2. The third kappa shape index (κ3) is 2.21. The molecule has 0 aromatic carbocycles. The summed E-state index contributed by atoms with van der Waals surface area (Å²) >= 11 is 7.50. The van der Waals surface area contributed by atoms with E-state index in [2.05, 4.69) is 10.3 Å². The van der Waals surface area contributed by atoms with Crippen molar-refractivity contribution in [2.45, 2.75) is 12.6 Å². The number of halogens is 1. The fourth-order valence-electron chi connectivity index (χ4n) is 1.39. The van der Waals surface area contributed by atoms with E-state index >= 15 is 0 Å². The highest BCUT2D eigenvalue weighted by Crippen LogP contribution is 2.20. The molecule has 7 heteroatoms.